The van der Waals surface area contributed by atoms with Crippen molar-refractivity contribution in [2.75, 3.05) is 33.9 Å². The molecule has 30 heavy (non-hydrogen) atoms. The monoisotopic (exact) mass is 415 g/mol. The first-order valence-corrected chi connectivity index (χ1v) is 8.85. The van der Waals surface area contributed by atoms with E-state index in [-0.39, 0.29) is 22.8 Å². The van der Waals surface area contributed by atoms with Crippen LogP contribution in [0, 0.1) is 0 Å². The van der Waals surface area contributed by atoms with Crippen LogP contribution in [-0.2, 0) is 9.53 Å². The fourth-order valence-electron chi connectivity index (χ4n) is 2.25. The standard InChI is InChI=1S/C20H21N3O7/c1-28-9-8-21-18(26)14-10-16(29-2)19(22-11-14)30-20(27)23-12-15(24)17(25)13-6-4-3-5-7-13/h3-7,10-11H,8-9,12H2,1-2H3,(H,21,26)(H,23,27). The van der Waals surface area contributed by atoms with Crippen LogP contribution in [0.25, 0.3) is 0 Å². The Balaban J connectivity index is 1.93. The molecule has 0 fully saturated rings. The van der Waals surface area contributed by atoms with Crippen LogP contribution < -0.4 is 20.1 Å². The van der Waals surface area contributed by atoms with Crippen molar-refractivity contribution in [3.05, 3.63) is 53.7 Å². The summed E-state index contributed by atoms with van der Waals surface area (Å²) in [5, 5.41) is 4.80. The summed E-state index contributed by atoms with van der Waals surface area (Å²) in [7, 11) is 2.83. The Morgan fingerprint density at radius 1 is 1.00 bits per heavy atom. The second-order valence-corrected chi connectivity index (χ2v) is 5.84. The minimum Gasteiger partial charge on any atom is -0.491 e. The number of amides is 2. The normalized spacial score (nSPS) is 10.1. The van der Waals surface area contributed by atoms with E-state index >= 15 is 0 Å². The van der Waals surface area contributed by atoms with Crippen molar-refractivity contribution in [3.8, 4) is 11.6 Å². The highest BCUT2D eigenvalue weighted by molar-refractivity contribution is 6.44. The Bertz CT molecular complexity index is 916. The molecule has 0 saturated heterocycles. The van der Waals surface area contributed by atoms with Crippen molar-refractivity contribution in [1.29, 1.82) is 0 Å². The van der Waals surface area contributed by atoms with Gasteiger partial charge in [-0.15, -0.1) is 0 Å². The van der Waals surface area contributed by atoms with E-state index < -0.39 is 30.1 Å². The Labute approximate surface area is 172 Å². The Morgan fingerprint density at radius 2 is 1.73 bits per heavy atom. The molecule has 0 bridgehead atoms. The summed E-state index contributed by atoms with van der Waals surface area (Å²) in [5.41, 5.74) is 0.416. The summed E-state index contributed by atoms with van der Waals surface area (Å²) >= 11 is 0. The van der Waals surface area contributed by atoms with Crippen molar-refractivity contribution in [1.82, 2.24) is 15.6 Å². The van der Waals surface area contributed by atoms with Gasteiger partial charge < -0.3 is 24.8 Å². The Kier molecular flexibility index (Phi) is 8.45. The lowest BCUT2D eigenvalue weighted by Gasteiger charge is -2.10. The number of carbonyl (C=O) groups is 4. The van der Waals surface area contributed by atoms with Crippen LogP contribution >= 0.6 is 0 Å². The number of nitrogens with zero attached hydrogens (tertiary/aromatic N) is 1. The lowest BCUT2D eigenvalue weighted by molar-refractivity contribution is -0.114. The minimum absolute atomic E-state index is 0.0382. The Morgan fingerprint density at radius 3 is 2.40 bits per heavy atom. The van der Waals surface area contributed by atoms with Crippen molar-refractivity contribution in [2.45, 2.75) is 0 Å². The second-order valence-electron chi connectivity index (χ2n) is 5.84. The molecule has 0 radical (unpaired) electrons. The van der Waals surface area contributed by atoms with Crippen molar-refractivity contribution < 1.29 is 33.4 Å². The van der Waals surface area contributed by atoms with Gasteiger partial charge in [-0.2, -0.15) is 0 Å². The third-order valence-electron chi connectivity index (χ3n) is 3.76. The fourth-order valence-corrected chi connectivity index (χ4v) is 2.25. The number of hydrogen-bond donors (Lipinski definition) is 2. The lowest BCUT2D eigenvalue weighted by atomic mass is 10.1. The first kappa shape index (κ1) is 22.5. The largest absolute Gasteiger partial charge is 0.491 e. The van der Waals surface area contributed by atoms with Crippen molar-refractivity contribution in [3.63, 3.8) is 0 Å². The number of Topliss-reactive ketones (excluding diaryl/α,β-unsaturated/α-hetero) is 2. The van der Waals surface area contributed by atoms with Crippen LogP contribution in [0.4, 0.5) is 4.79 Å². The number of methoxy groups -OCH3 is 2. The van der Waals surface area contributed by atoms with Gasteiger partial charge in [0.25, 0.3) is 11.8 Å². The summed E-state index contributed by atoms with van der Waals surface area (Å²) in [5.74, 6) is -2.10. The number of ether oxygens (including phenoxy) is 3. The maximum Gasteiger partial charge on any atom is 0.414 e. The van der Waals surface area contributed by atoms with E-state index in [1.807, 2.05) is 0 Å². The average molecular weight is 415 g/mol. The van der Waals surface area contributed by atoms with Gasteiger partial charge in [-0.25, -0.2) is 9.78 Å². The van der Waals surface area contributed by atoms with Crippen LogP contribution in [0.1, 0.15) is 20.7 Å². The van der Waals surface area contributed by atoms with Crippen LogP contribution in [0.15, 0.2) is 42.6 Å². The molecule has 0 saturated carbocycles. The molecule has 2 aromatic rings. The van der Waals surface area contributed by atoms with Gasteiger partial charge in [-0.3, -0.25) is 14.4 Å². The van der Waals surface area contributed by atoms with Crippen LogP contribution in [-0.4, -0.2) is 62.5 Å². The lowest BCUT2D eigenvalue weighted by Crippen LogP contribution is -2.35. The number of aromatic nitrogens is 1. The zero-order valence-corrected chi connectivity index (χ0v) is 16.5. The molecular formula is C20H21N3O7. The quantitative estimate of drug-likeness (QED) is 0.334. The highest BCUT2D eigenvalue weighted by Gasteiger charge is 2.19. The smallest absolute Gasteiger partial charge is 0.414 e. The maximum absolute atomic E-state index is 12.0. The molecule has 10 heteroatoms. The van der Waals surface area contributed by atoms with E-state index in [0.717, 1.165) is 0 Å². The number of carbonyl (C=O) groups excluding carboxylic acids is 4. The third kappa shape index (κ3) is 6.38. The molecule has 1 aromatic heterocycles. The van der Waals surface area contributed by atoms with E-state index in [4.69, 9.17) is 14.2 Å². The highest BCUT2D eigenvalue weighted by atomic mass is 16.6. The number of rotatable bonds is 10. The average Bonchev–Trinajstić information content (AvgIpc) is 2.77. The zero-order valence-electron chi connectivity index (χ0n) is 16.5. The van der Waals surface area contributed by atoms with Crippen LogP contribution in [0.5, 0.6) is 11.6 Å². The van der Waals surface area contributed by atoms with Crippen molar-refractivity contribution in [2.24, 2.45) is 0 Å². The van der Waals surface area contributed by atoms with Gasteiger partial charge >= 0.3 is 6.09 Å². The summed E-state index contributed by atoms with van der Waals surface area (Å²) in [6, 6.07) is 9.32. The van der Waals surface area contributed by atoms with Gasteiger partial charge in [0, 0.05) is 31.5 Å². The van der Waals surface area contributed by atoms with Crippen LogP contribution in [0.3, 0.4) is 0 Å². The molecule has 0 aliphatic rings. The molecule has 2 rings (SSSR count). The third-order valence-corrected chi connectivity index (χ3v) is 3.76. The molecule has 0 atom stereocenters. The van der Waals surface area contributed by atoms with Gasteiger partial charge in [0.15, 0.2) is 5.75 Å². The minimum atomic E-state index is -1.01. The number of hydrogen-bond acceptors (Lipinski definition) is 8. The van der Waals surface area contributed by atoms with E-state index in [0.29, 0.717) is 13.2 Å². The maximum atomic E-state index is 12.0. The molecule has 158 valence electrons. The molecule has 10 nitrogen and oxygen atoms in total. The molecule has 2 N–H and O–H groups in total. The summed E-state index contributed by atoms with van der Waals surface area (Å²) in [4.78, 5) is 51.8. The molecule has 0 unspecified atom stereocenters. The van der Waals surface area contributed by atoms with Gasteiger partial charge in [-0.1, -0.05) is 30.3 Å². The first-order valence-electron chi connectivity index (χ1n) is 8.85. The summed E-state index contributed by atoms with van der Waals surface area (Å²) < 4.78 is 14.9. The number of pyridine rings is 1. The highest BCUT2D eigenvalue weighted by Crippen LogP contribution is 2.25. The second kappa shape index (κ2) is 11.3. The molecule has 0 aliphatic carbocycles. The van der Waals surface area contributed by atoms with Gasteiger partial charge in [0.05, 0.1) is 25.8 Å². The molecular weight excluding hydrogens is 394 g/mol. The molecule has 0 spiro atoms. The van der Waals surface area contributed by atoms with Crippen molar-refractivity contribution >= 4 is 23.6 Å². The predicted octanol–water partition coefficient (Wildman–Crippen LogP) is 1.01. The summed E-state index contributed by atoms with van der Waals surface area (Å²) in [6.07, 6.45) is 0.199. The van der Waals surface area contributed by atoms with Gasteiger partial charge in [0.2, 0.25) is 11.6 Å². The predicted molar refractivity (Wildman–Crippen MR) is 105 cm³/mol. The number of nitrogens with one attached hydrogen (secondary N) is 2. The molecule has 2 amide bonds. The number of ketones is 2. The van der Waals surface area contributed by atoms with Gasteiger partial charge in [-0.05, 0) is 0 Å². The van der Waals surface area contributed by atoms with E-state index in [1.165, 1.54) is 38.6 Å². The van der Waals surface area contributed by atoms with E-state index in [2.05, 4.69) is 15.6 Å². The van der Waals surface area contributed by atoms with Gasteiger partial charge in [0.1, 0.15) is 0 Å². The number of benzene rings is 1. The first-order chi connectivity index (χ1) is 14.5. The molecule has 1 heterocycles. The zero-order chi connectivity index (χ0) is 21.9. The molecule has 0 aliphatic heterocycles. The Hall–Kier alpha value is -3.79. The molecule has 1 aromatic carbocycles. The van der Waals surface area contributed by atoms with Crippen LogP contribution in [0.2, 0.25) is 0 Å². The van der Waals surface area contributed by atoms with E-state index in [1.54, 1.807) is 18.2 Å². The van der Waals surface area contributed by atoms with E-state index in [9.17, 15) is 19.2 Å². The fraction of sp³-hybridized carbons (Fsp3) is 0.250. The topological polar surface area (TPSA) is 133 Å². The summed E-state index contributed by atoms with van der Waals surface area (Å²) in [6.45, 7) is 0.117. The SMILES string of the molecule is COCCNC(=O)c1cnc(OC(=O)NCC(=O)C(=O)c2ccccc2)c(OC)c1.